The predicted molar refractivity (Wildman–Crippen MR) is 64.4 cm³/mol. The van der Waals surface area contributed by atoms with Crippen molar-refractivity contribution in [3.05, 3.63) is 0 Å². The fourth-order valence-electron chi connectivity index (χ4n) is 1.75. The normalized spacial score (nSPS) is 38.0. The second kappa shape index (κ2) is 7.81. The van der Waals surface area contributed by atoms with E-state index >= 15 is 0 Å². The number of rotatable bonds is 6. The van der Waals surface area contributed by atoms with Gasteiger partial charge in [-0.25, -0.2) is 0 Å². The average Bonchev–Trinajstić information content (AvgIpc) is 2.46. The van der Waals surface area contributed by atoms with Gasteiger partial charge in [0.05, 0.1) is 19.4 Å². The summed E-state index contributed by atoms with van der Waals surface area (Å²) in [5.41, 5.74) is 0. The first-order valence-electron chi connectivity index (χ1n) is 5.94. The summed E-state index contributed by atoms with van der Waals surface area (Å²) in [7, 11) is 0. The second-order valence-electron chi connectivity index (χ2n) is 4.35. The van der Waals surface area contributed by atoms with Crippen molar-refractivity contribution in [2.75, 3.05) is 13.2 Å². The first-order valence-corrected chi connectivity index (χ1v) is 5.94. The summed E-state index contributed by atoms with van der Waals surface area (Å²) in [6, 6.07) is 0. The van der Waals surface area contributed by atoms with Crippen LogP contribution >= 0.6 is 0 Å². The van der Waals surface area contributed by atoms with Gasteiger partial charge in [-0.05, 0) is 0 Å². The van der Waals surface area contributed by atoms with E-state index in [0.29, 0.717) is 0 Å². The van der Waals surface area contributed by atoms with Gasteiger partial charge in [-0.2, -0.15) is 5.10 Å². The fourth-order valence-corrected chi connectivity index (χ4v) is 1.75. The third-order valence-electron chi connectivity index (χ3n) is 2.94. The molecule has 1 aliphatic heterocycles. The number of aliphatic hydroxyl groups excluding tert-OH is 6. The number of nitrogens with two attached hydrogens (primary N) is 1. The van der Waals surface area contributed by atoms with Crippen LogP contribution in [0.5, 0.6) is 0 Å². The molecule has 10 nitrogen and oxygen atoms in total. The monoisotopic (exact) mass is 296 g/mol. The van der Waals surface area contributed by atoms with Crippen LogP contribution in [0, 0.1) is 0 Å². The van der Waals surface area contributed by atoms with Crippen molar-refractivity contribution < 1.29 is 40.1 Å². The average molecular weight is 296 g/mol. The number of aliphatic hydroxyl groups is 6. The Balaban J connectivity index is 2.77. The van der Waals surface area contributed by atoms with Crippen LogP contribution in [0.4, 0.5) is 0 Å². The first kappa shape index (κ1) is 17.2. The largest absolute Gasteiger partial charge is 0.394 e. The zero-order valence-corrected chi connectivity index (χ0v) is 10.6. The Bertz CT molecular complexity index is 316. The third kappa shape index (κ3) is 3.84. The molecule has 0 spiro atoms. The highest BCUT2D eigenvalue weighted by Crippen LogP contribution is 2.23. The van der Waals surface area contributed by atoms with Crippen LogP contribution in [0.15, 0.2) is 5.10 Å². The molecule has 1 saturated heterocycles. The van der Waals surface area contributed by atoms with Crippen LogP contribution in [0.25, 0.3) is 0 Å². The van der Waals surface area contributed by atoms with Gasteiger partial charge in [-0.1, -0.05) is 0 Å². The molecule has 118 valence electrons. The molecule has 0 aromatic rings. The Morgan fingerprint density at radius 1 is 1.20 bits per heavy atom. The van der Waals surface area contributed by atoms with E-state index in [2.05, 4.69) is 5.10 Å². The summed E-state index contributed by atoms with van der Waals surface area (Å²) in [6.45, 7) is -1.27. The van der Waals surface area contributed by atoms with Gasteiger partial charge in [0, 0.05) is 0 Å². The van der Waals surface area contributed by atoms with Crippen molar-refractivity contribution >= 4 is 6.21 Å². The van der Waals surface area contributed by atoms with E-state index < -0.39 is 56.1 Å². The Morgan fingerprint density at radius 3 is 2.35 bits per heavy atom. The van der Waals surface area contributed by atoms with Crippen molar-refractivity contribution in [1.82, 2.24) is 0 Å². The number of hydrazone groups is 1. The number of hydrogen-bond acceptors (Lipinski definition) is 10. The number of nitrogens with zero attached hydrogens (tertiary/aromatic N) is 1. The van der Waals surface area contributed by atoms with E-state index in [4.69, 9.17) is 25.5 Å². The lowest BCUT2D eigenvalue weighted by Crippen LogP contribution is -2.60. The highest BCUT2D eigenvalue weighted by molar-refractivity contribution is 5.63. The van der Waals surface area contributed by atoms with Gasteiger partial charge in [-0.3, -0.25) is 0 Å². The zero-order chi connectivity index (χ0) is 15.3. The molecule has 20 heavy (non-hydrogen) atoms. The zero-order valence-electron chi connectivity index (χ0n) is 10.6. The van der Waals surface area contributed by atoms with Gasteiger partial charge in [-0.15, -0.1) is 0 Å². The highest BCUT2D eigenvalue weighted by atomic mass is 16.7. The van der Waals surface area contributed by atoms with Gasteiger partial charge in [0.2, 0.25) is 0 Å². The minimum Gasteiger partial charge on any atom is -0.394 e. The SMILES string of the molecule is N/N=C/[C@H](O[C@H]1O[C@H](CO)[C@@H](O)[C@H](O)[C@H]1O)[C@@H](O)CO. The molecule has 1 heterocycles. The predicted octanol–water partition coefficient (Wildman–Crippen LogP) is -4.53. The van der Waals surface area contributed by atoms with Gasteiger partial charge < -0.3 is 46.0 Å². The molecular weight excluding hydrogens is 276 g/mol. The van der Waals surface area contributed by atoms with Crippen LogP contribution in [0.1, 0.15) is 0 Å². The van der Waals surface area contributed by atoms with Gasteiger partial charge in [0.1, 0.15) is 36.6 Å². The highest BCUT2D eigenvalue weighted by Gasteiger charge is 2.45. The molecule has 0 bridgehead atoms. The smallest absolute Gasteiger partial charge is 0.187 e. The van der Waals surface area contributed by atoms with Crippen molar-refractivity contribution in [2.45, 2.75) is 42.9 Å². The molecule has 0 aromatic carbocycles. The lowest BCUT2D eigenvalue weighted by atomic mass is 9.99. The number of hydrogen-bond donors (Lipinski definition) is 7. The molecule has 0 radical (unpaired) electrons. The third-order valence-corrected chi connectivity index (χ3v) is 2.94. The molecule has 0 aliphatic carbocycles. The van der Waals surface area contributed by atoms with Gasteiger partial charge in [0.25, 0.3) is 0 Å². The molecule has 0 amide bonds. The topological polar surface area (TPSA) is 178 Å². The van der Waals surface area contributed by atoms with Crippen molar-refractivity contribution in [2.24, 2.45) is 10.9 Å². The van der Waals surface area contributed by atoms with E-state index in [9.17, 15) is 20.4 Å². The maximum Gasteiger partial charge on any atom is 0.187 e. The van der Waals surface area contributed by atoms with Crippen LogP contribution in [0.3, 0.4) is 0 Å². The summed E-state index contributed by atoms with van der Waals surface area (Å²) in [5.74, 6) is 4.93. The van der Waals surface area contributed by atoms with Crippen LogP contribution in [0.2, 0.25) is 0 Å². The molecule has 0 unspecified atom stereocenters. The number of ether oxygens (including phenoxy) is 2. The summed E-state index contributed by atoms with van der Waals surface area (Å²) in [5, 5.41) is 59.4. The van der Waals surface area contributed by atoms with Crippen molar-refractivity contribution in [1.29, 1.82) is 0 Å². The van der Waals surface area contributed by atoms with E-state index in [1.54, 1.807) is 0 Å². The van der Waals surface area contributed by atoms with Crippen LogP contribution in [-0.2, 0) is 9.47 Å². The standard InChI is InChI=1S/C10H20N2O8/c11-12-1-5(4(15)2-13)19-10-9(18)8(17)7(16)6(3-14)20-10/h1,4-10,13-18H,2-3,11H2/b12-1+/t4-,5-,6+,7+,8-,9+,10-/m0/s1. The lowest BCUT2D eigenvalue weighted by Gasteiger charge is -2.40. The molecule has 10 heteroatoms. The van der Waals surface area contributed by atoms with E-state index in [1.165, 1.54) is 0 Å². The Kier molecular flexibility index (Phi) is 6.71. The maximum absolute atomic E-state index is 9.73. The molecule has 0 saturated carbocycles. The van der Waals surface area contributed by atoms with Gasteiger partial charge in [0.15, 0.2) is 6.29 Å². The van der Waals surface area contributed by atoms with Crippen LogP contribution in [-0.4, -0.2) is 93.0 Å². The quantitative estimate of drug-likeness (QED) is 0.144. The van der Waals surface area contributed by atoms with E-state index in [-0.39, 0.29) is 0 Å². The minimum absolute atomic E-state index is 0.608. The van der Waals surface area contributed by atoms with E-state index in [0.717, 1.165) is 6.21 Å². The Morgan fingerprint density at radius 2 is 1.85 bits per heavy atom. The minimum atomic E-state index is -1.62. The summed E-state index contributed by atoms with van der Waals surface area (Å²) < 4.78 is 10.2. The van der Waals surface area contributed by atoms with Gasteiger partial charge >= 0.3 is 0 Å². The Labute approximate surface area is 114 Å². The molecule has 8 N–H and O–H groups in total. The molecule has 0 aromatic heterocycles. The lowest BCUT2D eigenvalue weighted by molar-refractivity contribution is -0.310. The second-order valence-corrected chi connectivity index (χ2v) is 4.35. The molecule has 1 aliphatic rings. The Hall–Kier alpha value is -0.850. The maximum atomic E-state index is 9.73. The molecule has 7 atom stereocenters. The molecule has 1 rings (SSSR count). The summed E-state index contributed by atoms with van der Waals surface area (Å²) in [4.78, 5) is 0. The first-order chi connectivity index (χ1) is 9.46. The van der Waals surface area contributed by atoms with E-state index in [1.807, 2.05) is 0 Å². The van der Waals surface area contributed by atoms with Crippen molar-refractivity contribution in [3.63, 3.8) is 0 Å². The van der Waals surface area contributed by atoms with Crippen LogP contribution < -0.4 is 5.84 Å². The molecule has 1 fully saturated rings. The summed E-state index contributed by atoms with van der Waals surface area (Å²) >= 11 is 0. The summed E-state index contributed by atoms with van der Waals surface area (Å²) in [6.07, 6.45) is -8.93. The fraction of sp³-hybridized carbons (Fsp3) is 0.900. The van der Waals surface area contributed by atoms with Crippen molar-refractivity contribution in [3.8, 4) is 0 Å². The molecular formula is C10H20N2O8.